The number of hydrogen-bond donors (Lipinski definition) is 1. The van der Waals surface area contributed by atoms with Crippen LogP contribution in [0, 0.1) is 0 Å². The Kier molecular flexibility index (Phi) is 5.34. The summed E-state index contributed by atoms with van der Waals surface area (Å²) in [5.74, 6) is 0.409. The van der Waals surface area contributed by atoms with E-state index in [1.807, 2.05) is 67.7 Å². The Morgan fingerprint density at radius 1 is 1.00 bits per heavy atom. The molecule has 3 aromatic carbocycles. The summed E-state index contributed by atoms with van der Waals surface area (Å²) in [6.45, 7) is 0.343. The molecular formula is C27H25N3O3. The zero-order valence-corrected chi connectivity index (χ0v) is 18.6. The normalized spacial score (nSPS) is 15.0. The number of benzene rings is 3. The van der Waals surface area contributed by atoms with E-state index in [9.17, 15) is 9.59 Å². The Morgan fingerprint density at radius 2 is 1.79 bits per heavy atom. The molecule has 6 nitrogen and oxygen atoms in total. The van der Waals surface area contributed by atoms with Gasteiger partial charge in [-0.3, -0.25) is 9.59 Å². The van der Waals surface area contributed by atoms with E-state index >= 15 is 0 Å². The van der Waals surface area contributed by atoms with Crippen molar-refractivity contribution in [2.45, 2.75) is 12.6 Å². The molecule has 166 valence electrons. The van der Waals surface area contributed by atoms with Crippen LogP contribution in [-0.2, 0) is 18.4 Å². The summed E-state index contributed by atoms with van der Waals surface area (Å²) in [6.07, 6.45) is 2.06. The second-order valence-electron chi connectivity index (χ2n) is 8.26. The summed E-state index contributed by atoms with van der Waals surface area (Å²) in [5.41, 5.74) is 4.62. The molecule has 0 fully saturated rings. The van der Waals surface area contributed by atoms with E-state index in [2.05, 4.69) is 28.2 Å². The van der Waals surface area contributed by atoms with E-state index < -0.39 is 0 Å². The number of nitrogens with one attached hydrogen (secondary N) is 1. The first kappa shape index (κ1) is 20.8. The molecule has 0 radical (unpaired) electrons. The van der Waals surface area contributed by atoms with Gasteiger partial charge in [0.05, 0.1) is 13.2 Å². The molecule has 1 atom stereocenters. The molecule has 2 amide bonds. The molecule has 0 spiro atoms. The number of carbonyl (C=O) groups is 2. The second-order valence-corrected chi connectivity index (χ2v) is 8.26. The van der Waals surface area contributed by atoms with Gasteiger partial charge in [-0.1, -0.05) is 48.5 Å². The van der Waals surface area contributed by atoms with E-state index in [1.54, 1.807) is 12.0 Å². The summed E-state index contributed by atoms with van der Waals surface area (Å²) >= 11 is 0. The number of nitrogens with zero attached hydrogens (tertiary/aromatic N) is 2. The highest BCUT2D eigenvalue weighted by atomic mass is 16.5. The Balaban J connectivity index is 1.44. The van der Waals surface area contributed by atoms with Gasteiger partial charge in [-0.2, -0.15) is 0 Å². The molecule has 0 saturated heterocycles. The molecule has 0 saturated carbocycles. The second kappa shape index (κ2) is 8.47. The smallest absolute Gasteiger partial charge is 0.255 e. The molecule has 0 aliphatic carbocycles. The number of carbonyl (C=O) groups excluding carboxylic acids is 2. The van der Waals surface area contributed by atoms with E-state index in [4.69, 9.17) is 4.74 Å². The van der Waals surface area contributed by atoms with Crippen molar-refractivity contribution in [2.75, 3.05) is 13.7 Å². The molecule has 4 aromatic rings. The van der Waals surface area contributed by atoms with E-state index in [0.717, 1.165) is 33.3 Å². The van der Waals surface area contributed by atoms with Crippen LogP contribution in [0.2, 0.25) is 0 Å². The standard InChI is InChI=1S/C27H25N3O3/c1-29-16-23(20-10-5-6-13-24(20)29)26-21-11-3-4-12-22(21)27(32)30(26)17-25(31)28-15-18-8-7-9-19(14-18)33-2/h3-14,16,26H,15,17H2,1-2H3,(H,28,31). The first-order valence-corrected chi connectivity index (χ1v) is 10.9. The molecule has 6 heteroatoms. The highest BCUT2D eigenvalue weighted by Gasteiger charge is 2.39. The zero-order chi connectivity index (χ0) is 22.9. The van der Waals surface area contributed by atoms with Crippen LogP contribution in [0.15, 0.2) is 79.0 Å². The summed E-state index contributed by atoms with van der Waals surface area (Å²) in [5, 5.41) is 4.03. The monoisotopic (exact) mass is 439 g/mol. The van der Waals surface area contributed by atoms with Gasteiger partial charge >= 0.3 is 0 Å². The van der Waals surface area contributed by atoms with Gasteiger partial charge in [-0.25, -0.2) is 0 Å². The number of amides is 2. The van der Waals surface area contributed by atoms with Crippen LogP contribution in [0.4, 0.5) is 0 Å². The van der Waals surface area contributed by atoms with Gasteiger partial charge in [0, 0.05) is 41.8 Å². The average molecular weight is 440 g/mol. The largest absolute Gasteiger partial charge is 0.497 e. The van der Waals surface area contributed by atoms with Gasteiger partial charge in [-0.05, 0) is 35.4 Å². The number of hydrogen-bond acceptors (Lipinski definition) is 3. The summed E-state index contributed by atoms with van der Waals surface area (Å²) in [7, 11) is 3.61. The third-order valence-corrected chi connectivity index (χ3v) is 6.22. The number of aromatic nitrogens is 1. The lowest BCUT2D eigenvalue weighted by atomic mass is 9.97. The average Bonchev–Trinajstić information content (AvgIpc) is 3.32. The predicted octanol–water partition coefficient (Wildman–Crippen LogP) is 4.05. The Bertz CT molecular complexity index is 1360. The molecule has 1 aliphatic heterocycles. The maximum Gasteiger partial charge on any atom is 0.255 e. The van der Waals surface area contributed by atoms with E-state index in [-0.39, 0.29) is 24.4 Å². The van der Waals surface area contributed by atoms with Gasteiger partial charge in [0.25, 0.3) is 5.91 Å². The lowest BCUT2D eigenvalue weighted by Gasteiger charge is -2.25. The fraction of sp³-hybridized carbons (Fsp3) is 0.185. The van der Waals surface area contributed by atoms with Gasteiger partial charge in [0.15, 0.2) is 0 Å². The van der Waals surface area contributed by atoms with Crippen LogP contribution in [0.1, 0.15) is 33.1 Å². The van der Waals surface area contributed by atoms with Gasteiger partial charge in [0.1, 0.15) is 12.3 Å². The molecule has 0 bridgehead atoms. The molecule has 5 rings (SSSR count). The van der Waals surface area contributed by atoms with Gasteiger partial charge in [-0.15, -0.1) is 0 Å². The fourth-order valence-electron chi connectivity index (χ4n) is 4.65. The van der Waals surface area contributed by atoms with Crippen molar-refractivity contribution in [1.29, 1.82) is 0 Å². The maximum absolute atomic E-state index is 13.3. The Hall–Kier alpha value is -4.06. The third-order valence-electron chi connectivity index (χ3n) is 6.22. The highest BCUT2D eigenvalue weighted by Crippen LogP contribution is 2.41. The quantitative estimate of drug-likeness (QED) is 0.493. The Labute approximate surface area is 192 Å². The molecule has 1 unspecified atom stereocenters. The van der Waals surface area contributed by atoms with E-state index in [0.29, 0.717) is 12.1 Å². The number of aryl methyl sites for hydroxylation is 1. The van der Waals surface area contributed by atoms with Crippen molar-refractivity contribution >= 4 is 22.7 Å². The molecule has 33 heavy (non-hydrogen) atoms. The first-order valence-electron chi connectivity index (χ1n) is 10.9. The number of para-hydroxylation sites is 1. The zero-order valence-electron chi connectivity index (χ0n) is 18.6. The number of fused-ring (bicyclic) bond motifs is 2. The van der Waals surface area contributed by atoms with Crippen LogP contribution in [0.25, 0.3) is 10.9 Å². The van der Waals surface area contributed by atoms with Crippen LogP contribution in [0.3, 0.4) is 0 Å². The number of methoxy groups -OCH3 is 1. The summed E-state index contributed by atoms with van der Waals surface area (Å²) < 4.78 is 7.32. The minimum absolute atomic E-state index is 0.0225. The molecule has 1 aromatic heterocycles. The topological polar surface area (TPSA) is 63.6 Å². The van der Waals surface area contributed by atoms with Crippen molar-refractivity contribution in [3.63, 3.8) is 0 Å². The minimum atomic E-state index is -0.317. The van der Waals surface area contributed by atoms with Crippen molar-refractivity contribution in [3.05, 3.63) is 101 Å². The van der Waals surface area contributed by atoms with Crippen LogP contribution in [-0.4, -0.2) is 34.9 Å². The van der Waals surface area contributed by atoms with Crippen LogP contribution >= 0.6 is 0 Å². The van der Waals surface area contributed by atoms with Gasteiger partial charge in [0.2, 0.25) is 5.91 Å². The number of rotatable bonds is 6. The lowest BCUT2D eigenvalue weighted by molar-refractivity contribution is -0.122. The molecular weight excluding hydrogens is 414 g/mol. The predicted molar refractivity (Wildman–Crippen MR) is 127 cm³/mol. The van der Waals surface area contributed by atoms with Crippen molar-refractivity contribution < 1.29 is 14.3 Å². The Morgan fingerprint density at radius 3 is 2.64 bits per heavy atom. The fourth-order valence-corrected chi connectivity index (χ4v) is 4.65. The first-order chi connectivity index (χ1) is 16.1. The SMILES string of the molecule is COc1cccc(CNC(=O)CN2C(=O)c3ccccc3C2c2cn(C)c3ccccc23)c1. The third kappa shape index (κ3) is 3.74. The van der Waals surface area contributed by atoms with Crippen LogP contribution in [0.5, 0.6) is 5.75 Å². The molecule has 2 heterocycles. The maximum atomic E-state index is 13.3. The highest BCUT2D eigenvalue weighted by molar-refractivity contribution is 6.02. The summed E-state index contributed by atoms with van der Waals surface area (Å²) in [6, 6.07) is 23.0. The molecule has 1 N–H and O–H groups in total. The van der Waals surface area contributed by atoms with Crippen LogP contribution < -0.4 is 10.1 Å². The summed E-state index contributed by atoms with van der Waals surface area (Å²) in [4.78, 5) is 27.9. The molecule has 1 aliphatic rings. The van der Waals surface area contributed by atoms with Crippen molar-refractivity contribution in [3.8, 4) is 5.75 Å². The van der Waals surface area contributed by atoms with Crippen molar-refractivity contribution in [2.24, 2.45) is 7.05 Å². The van der Waals surface area contributed by atoms with Gasteiger partial charge < -0.3 is 19.5 Å². The number of ether oxygens (including phenoxy) is 1. The minimum Gasteiger partial charge on any atom is -0.497 e. The van der Waals surface area contributed by atoms with Crippen molar-refractivity contribution in [1.82, 2.24) is 14.8 Å². The lowest BCUT2D eigenvalue weighted by Crippen LogP contribution is -2.39. The van der Waals surface area contributed by atoms with E-state index in [1.165, 1.54) is 0 Å².